The fourth-order valence-corrected chi connectivity index (χ4v) is 7.15. The van der Waals surface area contributed by atoms with Crippen molar-refractivity contribution in [2.75, 3.05) is 11.5 Å². The number of hydrogen-bond donors (Lipinski definition) is 0. The highest BCUT2D eigenvalue weighted by atomic mass is 32.2. The summed E-state index contributed by atoms with van der Waals surface area (Å²) in [6.07, 6.45) is 12.0. The summed E-state index contributed by atoms with van der Waals surface area (Å²) in [4.78, 5) is 4.16. The van der Waals surface area contributed by atoms with Crippen molar-refractivity contribution in [1.82, 2.24) is 9.55 Å². The van der Waals surface area contributed by atoms with E-state index in [1.165, 1.54) is 48.3 Å². The van der Waals surface area contributed by atoms with Crippen molar-refractivity contribution in [3.05, 3.63) is 54.1 Å². The van der Waals surface area contributed by atoms with E-state index in [1.807, 2.05) is 12.5 Å². The van der Waals surface area contributed by atoms with Gasteiger partial charge >= 0.3 is 0 Å². The minimum atomic E-state index is 0.347. The van der Waals surface area contributed by atoms with Gasteiger partial charge in [-0.15, -0.1) is 23.5 Å². The third-order valence-electron chi connectivity index (χ3n) is 5.18. The Morgan fingerprint density at radius 3 is 2.44 bits per heavy atom. The summed E-state index contributed by atoms with van der Waals surface area (Å²) in [7, 11) is 0. The van der Waals surface area contributed by atoms with Crippen LogP contribution in [0.5, 0.6) is 0 Å². The van der Waals surface area contributed by atoms with Gasteiger partial charge in [0.05, 0.1) is 10.4 Å². The van der Waals surface area contributed by atoms with E-state index in [2.05, 4.69) is 77.4 Å². The van der Waals surface area contributed by atoms with Crippen LogP contribution in [0.2, 0.25) is 0 Å². The molecule has 4 heteroatoms. The topological polar surface area (TPSA) is 17.8 Å². The third-order valence-corrected chi connectivity index (χ3v) is 8.91. The standard InChI is InChI=1S/C21H30N2S2/c1-3-18-6-8-20(9-7-18)14-21(24-15-19(4-2)16-25-21)10-5-12-23-13-11-22-17-23/h6-9,11,13,17,19H,3-5,10,12,14-16H2,1-2H3. The number of rotatable bonds is 8. The molecule has 1 aromatic carbocycles. The number of nitrogens with zero attached hydrogens (tertiary/aromatic N) is 2. The van der Waals surface area contributed by atoms with E-state index < -0.39 is 0 Å². The summed E-state index contributed by atoms with van der Waals surface area (Å²) in [6, 6.07) is 9.32. The van der Waals surface area contributed by atoms with Gasteiger partial charge in [0.25, 0.3) is 0 Å². The number of hydrogen-bond acceptors (Lipinski definition) is 3. The third kappa shape index (κ3) is 5.30. The minimum absolute atomic E-state index is 0.347. The molecule has 0 atom stereocenters. The molecule has 0 radical (unpaired) electrons. The Morgan fingerprint density at radius 1 is 1.12 bits per heavy atom. The van der Waals surface area contributed by atoms with Gasteiger partial charge in [0.15, 0.2) is 0 Å². The maximum absolute atomic E-state index is 4.16. The molecule has 0 saturated carbocycles. The molecule has 1 fully saturated rings. The van der Waals surface area contributed by atoms with Gasteiger partial charge in [-0.25, -0.2) is 4.98 Å². The van der Waals surface area contributed by atoms with Gasteiger partial charge in [-0.3, -0.25) is 0 Å². The Hall–Kier alpha value is -0.870. The molecule has 136 valence electrons. The molecule has 1 saturated heterocycles. The largest absolute Gasteiger partial charge is 0.337 e. The van der Waals surface area contributed by atoms with Crippen LogP contribution in [0.3, 0.4) is 0 Å². The van der Waals surface area contributed by atoms with Gasteiger partial charge in [0, 0.05) is 18.9 Å². The molecule has 0 N–H and O–H groups in total. The second kappa shape index (κ2) is 9.18. The van der Waals surface area contributed by atoms with Crippen molar-refractivity contribution < 1.29 is 0 Å². The SMILES string of the molecule is CCc1ccc(CC2(CCCn3ccnc3)SCC(CC)CS2)cc1. The van der Waals surface area contributed by atoms with Crippen LogP contribution in [0.15, 0.2) is 43.0 Å². The average Bonchev–Trinajstić information content (AvgIpc) is 3.16. The van der Waals surface area contributed by atoms with Crippen molar-refractivity contribution in [2.45, 2.75) is 56.6 Å². The van der Waals surface area contributed by atoms with Crippen LogP contribution >= 0.6 is 23.5 Å². The van der Waals surface area contributed by atoms with Crippen molar-refractivity contribution in [2.24, 2.45) is 5.92 Å². The smallest absolute Gasteiger partial charge is 0.0945 e. The van der Waals surface area contributed by atoms with Crippen LogP contribution in [0.25, 0.3) is 0 Å². The van der Waals surface area contributed by atoms with E-state index in [0.29, 0.717) is 4.08 Å². The van der Waals surface area contributed by atoms with Crippen LogP contribution in [0.1, 0.15) is 44.2 Å². The molecular weight excluding hydrogens is 344 g/mol. The lowest BCUT2D eigenvalue weighted by Crippen LogP contribution is -2.32. The van der Waals surface area contributed by atoms with Crippen LogP contribution in [-0.4, -0.2) is 25.1 Å². The van der Waals surface area contributed by atoms with Crippen LogP contribution in [0.4, 0.5) is 0 Å². The van der Waals surface area contributed by atoms with Crippen molar-refractivity contribution >= 4 is 23.5 Å². The zero-order valence-corrected chi connectivity index (χ0v) is 17.1. The lowest BCUT2D eigenvalue weighted by Gasteiger charge is -2.39. The second-order valence-corrected chi connectivity index (χ2v) is 10.1. The number of thioether (sulfide) groups is 2. The van der Waals surface area contributed by atoms with Crippen molar-refractivity contribution in [3.8, 4) is 0 Å². The predicted octanol–water partition coefficient (Wildman–Crippen LogP) is 5.67. The zero-order chi connectivity index (χ0) is 17.5. The lowest BCUT2D eigenvalue weighted by atomic mass is 10.0. The molecule has 0 unspecified atom stereocenters. The molecule has 25 heavy (non-hydrogen) atoms. The molecule has 1 aliphatic heterocycles. The highest BCUT2D eigenvalue weighted by Crippen LogP contribution is 2.49. The number of benzene rings is 1. The molecule has 2 nitrogen and oxygen atoms in total. The fraction of sp³-hybridized carbons (Fsp3) is 0.571. The highest BCUT2D eigenvalue weighted by molar-refractivity contribution is 8.18. The normalized spacial score (nSPS) is 23.7. The summed E-state index contributed by atoms with van der Waals surface area (Å²) >= 11 is 4.45. The molecule has 1 aromatic heterocycles. The molecule has 2 aromatic rings. The first kappa shape index (κ1) is 18.9. The maximum atomic E-state index is 4.16. The van der Waals surface area contributed by atoms with E-state index in [-0.39, 0.29) is 0 Å². The first-order valence-electron chi connectivity index (χ1n) is 9.54. The predicted molar refractivity (Wildman–Crippen MR) is 112 cm³/mol. The number of aromatic nitrogens is 2. The fourth-order valence-electron chi connectivity index (χ4n) is 3.35. The van der Waals surface area contributed by atoms with Crippen molar-refractivity contribution in [1.29, 1.82) is 0 Å². The molecular formula is C21H30N2S2. The highest BCUT2D eigenvalue weighted by Gasteiger charge is 2.36. The Bertz CT molecular complexity index is 614. The summed E-state index contributed by atoms with van der Waals surface area (Å²) in [5.74, 6) is 3.53. The molecule has 2 heterocycles. The van der Waals surface area contributed by atoms with Gasteiger partial charge in [-0.1, -0.05) is 44.5 Å². The van der Waals surface area contributed by atoms with Crippen LogP contribution in [-0.2, 0) is 19.4 Å². The van der Waals surface area contributed by atoms with Gasteiger partial charge in [-0.2, -0.15) is 0 Å². The van der Waals surface area contributed by atoms with E-state index in [9.17, 15) is 0 Å². The van der Waals surface area contributed by atoms with Crippen molar-refractivity contribution in [3.63, 3.8) is 0 Å². The Kier molecular flexibility index (Phi) is 6.94. The van der Waals surface area contributed by atoms with E-state index in [1.54, 1.807) is 0 Å². The molecule has 0 aliphatic carbocycles. The first-order chi connectivity index (χ1) is 12.2. The monoisotopic (exact) mass is 374 g/mol. The summed E-state index contributed by atoms with van der Waals surface area (Å²) in [6.45, 7) is 5.64. The zero-order valence-electron chi connectivity index (χ0n) is 15.5. The summed E-state index contributed by atoms with van der Waals surface area (Å²) in [5, 5.41) is 0. The second-order valence-electron chi connectivity index (χ2n) is 7.06. The summed E-state index contributed by atoms with van der Waals surface area (Å²) < 4.78 is 2.55. The van der Waals surface area contributed by atoms with E-state index in [0.717, 1.165) is 18.9 Å². The summed E-state index contributed by atoms with van der Waals surface area (Å²) in [5.41, 5.74) is 2.93. The van der Waals surface area contributed by atoms with Gasteiger partial charge < -0.3 is 4.57 Å². The van der Waals surface area contributed by atoms with Crippen LogP contribution in [0, 0.1) is 5.92 Å². The quantitative estimate of drug-likeness (QED) is 0.593. The van der Waals surface area contributed by atoms with Crippen LogP contribution < -0.4 is 0 Å². The average molecular weight is 375 g/mol. The first-order valence-corrected chi connectivity index (χ1v) is 11.5. The maximum Gasteiger partial charge on any atom is 0.0945 e. The van der Waals surface area contributed by atoms with E-state index in [4.69, 9.17) is 0 Å². The Labute approximate surface area is 161 Å². The lowest BCUT2D eigenvalue weighted by molar-refractivity contribution is 0.564. The number of imidazole rings is 1. The van der Waals surface area contributed by atoms with Gasteiger partial charge in [0.1, 0.15) is 0 Å². The van der Waals surface area contributed by atoms with Gasteiger partial charge in [0.2, 0.25) is 0 Å². The Morgan fingerprint density at radius 2 is 1.84 bits per heavy atom. The minimum Gasteiger partial charge on any atom is -0.337 e. The Balaban J connectivity index is 1.65. The molecule has 0 spiro atoms. The van der Waals surface area contributed by atoms with Gasteiger partial charge in [-0.05, 0) is 54.2 Å². The number of aryl methyl sites for hydroxylation is 2. The molecule has 1 aliphatic rings. The van der Waals surface area contributed by atoms with E-state index >= 15 is 0 Å². The molecule has 3 rings (SSSR count). The molecule has 0 bridgehead atoms. The molecule has 0 amide bonds.